The second-order valence-corrected chi connectivity index (χ2v) is 7.19. The lowest BCUT2D eigenvalue weighted by Crippen LogP contribution is -2.36. The SMILES string of the molecule is CCC.Cc1ccc(C#N)c(S(=O)(=O)N2CCCCC2)c1. The molecule has 0 aliphatic carbocycles. The van der Waals surface area contributed by atoms with Gasteiger partial charge in [0.15, 0.2) is 0 Å². The van der Waals surface area contributed by atoms with E-state index in [1.165, 1.54) is 10.7 Å². The Morgan fingerprint density at radius 2 is 1.76 bits per heavy atom. The van der Waals surface area contributed by atoms with Gasteiger partial charge in [-0.3, -0.25) is 0 Å². The van der Waals surface area contributed by atoms with Crippen molar-refractivity contribution in [2.24, 2.45) is 0 Å². The summed E-state index contributed by atoms with van der Waals surface area (Å²) in [6, 6.07) is 6.88. The fourth-order valence-electron chi connectivity index (χ4n) is 2.18. The third-order valence-electron chi connectivity index (χ3n) is 3.19. The summed E-state index contributed by atoms with van der Waals surface area (Å²) in [5.74, 6) is 0. The molecule has 0 aromatic heterocycles. The summed E-state index contributed by atoms with van der Waals surface area (Å²) in [5, 5.41) is 9.04. The molecule has 1 aromatic rings. The minimum Gasteiger partial charge on any atom is -0.207 e. The Kier molecular flexibility index (Phi) is 6.86. The van der Waals surface area contributed by atoms with E-state index in [2.05, 4.69) is 13.8 Å². The molecule has 0 radical (unpaired) electrons. The highest BCUT2D eigenvalue weighted by Gasteiger charge is 2.28. The van der Waals surface area contributed by atoms with E-state index in [9.17, 15) is 8.42 Å². The van der Waals surface area contributed by atoms with Crippen LogP contribution in [0.1, 0.15) is 50.7 Å². The number of rotatable bonds is 2. The zero-order chi connectivity index (χ0) is 15.9. The van der Waals surface area contributed by atoms with Crippen LogP contribution in [-0.2, 0) is 10.0 Å². The van der Waals surface area contributed by atoms with Gasteiger partial charge in [-0.1, -0.05) is 32.8 Å². The van der Waals surface area contributed by atoms with E-state index in [0.717, 1.165) is 24.8 Å². The number of piperidine rings is 1. The Labute approximate surface area is 128 Å². The van der Waals surface area contributed by atoms with E-state index in [1.54, 1.807) is 18.2 Å². The van der Waals surface area contributed by atoms with Gasteiger partial charge in [0.05, 0.1) is 5.56 Å². The summed E-state index contributed by atoms with van der Waals surface area (Å²) in [7, 11) is -3.52. The molecule has 0 amide bonds. The van der Waals surface area contributed by atoms with Crippen LogP contribution in [-0.4, -0.2) is 25.8 Å². The van der Waals surface area contributed by atoms with E-state index in [-0.39, 0.29) is 10.5 Å². The molecule has 5 heteroatoms. The van der Waals surface area contributed by atoms with E-state index in [4.69, 9.17) is 5.26 Å². The van der Waals surface area contributed by atoms with E-state index in [1.807, 2.05) is 13.0 Å². The van der Waals surface area contributed by atoms with Gasteiger partial charge in [-0.15, -0.1) is 0 Å². The van der Waals surface area contributed by atoms with Crippen molar-refractivity contribution >= 4 is 10.0 Å². The molecule has 0 saturated carbocycles. The molecular weight excluding hydrogens is 284 g/mol. The fraction of sp³-hybridized carbons (Fsp3) is 0.562. The summed E-state index contributed by atoms with van der Waals surface area (Å²) < 4.78 is 26.5. The van der Waals surface area contributed by atoms with Crippen molar-refractivity contribution in [3.8, 4) is 6.07 Å². The second kappa shape index (κ2) is 8.16. The number of sulfonamides is 1. The van der Waals surface area contributed by atoms with Crippen LogP contribution in [0.2, 0.25) is 0 Å². The first-order chi connectivity index (χ1) is 9.97. The van der Waals surface area contributed by atoms with Crippen molar-refractivity contribution in [2.45, 2.75) is 51.3 Å². The molecule has 1 fully saturated rings. The largest absolute Gasteiger partial charge is 0.244 e. The van der Waals surface area contributed by atoms with Gasteiger partial charge in [-0.25, -0.2) is 8.42 Å². The third kappa shape index (κ3) is 4.55. The van der Waals surface area contributed by atoms with Crippen LogP contribution in [0, 0.1) is 18.3 Å². The van der Waals surface area contributed by atoms with Crippen LogP contribution < -0.4 is 0 Å². The van der Waals surface area contributed by atoms with Gasteiger partial charge in [0, 0.05) is 13.1 Å². The lowest BCUT2D eigenvalue weighted by atomic mass is 10.2. The first-order valence-corrected chi connectivity index (χ1v) is 8.92. The van der Waals surface area contributed by atoms with Crippen molar-refractivity contribution in [1.29, 1.82) is 5.26 Å². The lowest BCUT2D eigenvalue weighted by molar-refractivity contribution is 0.346. The summed E-state index contributed by atoms with van der Waals surface area (Å²) in [6.07, 6.45) is 4.12. The van der Waals surface area contributed by atoms with Gasteiger partial charge >= 0.3 is 0 Å². The van der Waals surface area contributed by atoms with Crippen molar-refractivity contribution < 1.29 is 8.42 Å². The molecule has 0 bridgehead atoms. The average molecular weight is 308 g/mol. The summed E-state index contributed by atoms with van der Waals surface area (Å²) >= 11 is 0. The lowest BCUT2D eigenvalue weighted by Gasteiger charge is -2.26. The third-order valence-corrected chi connectivity index (χ3v) is 5.13. The Morgan fingerprint density at radius 1 is 1.19 bits per heavy atom. The summed E-state index contributed by atoms with van der Waals surface area (Å²) in [4.78, 5) is 0.145. The maximum absolute atomic E-state index is 12.5. The molecule has 2 rings (SSSR count). The number of hydrogen-bond donors (Lipinski definition) is 0. The van der Waals surface area contributed by atoms with Crippen molar-refractivity contribution in [3.63, 3.8) is 0 Å². The molecule has 0 spiro atoms. The normalized spacial score (nSPS) is 15.7. The molecular formula is C16H24N2O2S. The number of nitriles is 1. The predicted molar refractivity (Wildman–Crippen MR) is 84.5 cm³/mol. The standard InChI is InChI=1S/C13H16N2O2S.C3H8/c1-11-5-6-12(10-14)13(9-11)18(16,17)15-7-3-2-4-8-15;1-3-2/h5-6,9H,2-4,7-8H2,1H3;3H2,1-2H3. The van der Waals surface area contributed by atoms with E-state index in [0.29, 0.717) is 13.1 Å². The molecule has 1 saturated heterocycles. The van der Waals surface area contributed by atoms with Gasteiger partial charge in [-0.2, -0.15) is 9.57 Å². The van der Waals surface area contributed by atoms with Crippen molar-refractivity contribution in [2.75, 3.05) is 13.1 Å². The molecule has 0 N–H and O–H groups in total. The maximum Gasteiger partial charge on any atom is 0.244 e. The number of hydrogen-bond acceptors (Lipinski definition) is 3. The smallest absolute Gasteiger partial charge is 0.207 e. The van der Waals surface area contributed by atoms with Crippen molar-refractivity contribution in [3.05, 3.63) is 29.3 Å². The Hall–Kier alpha value is -1.38. The molecule has 1 aliphatic rings. The monoisotopic (exact) mass is 308 g/mol. The van der Waals surface area contributed by atoms with E-state index >= 15 is 0 Å². The second-order valence-electron chi connectivity index (χ2n) is 5.28. The van der Waals surface area contributed by atoms with Crippen LogP contribution in [0.4, 0.5) is 0 Å². The van der Waals surface area contributed by atoms with Crippen LogP contribution in [0.5, 0.6) is 0 Å². The predicted octanol–water partition coefficient (Wildman–Crippen LogP) is 3.46. The molecule has 0 unspecified atom stereocenters. The summed E-state index contributed by atoms with van der Waals surface area (Å²) in [5.41, 5.74) is 1.08. The van der Waals surface area contributed by atoms with Crippen LogP contribution in [0.15, 0.2) is 23.1 Å². The fourth-order valence-corrected chi connectivity index (χ4v) is 3.92. The van der Waals surface area contributed by atoms with Crippen LogP contribution in [0.25, 0.3) is 0 Å². The zero-order valence-electron chi connectivity index (χ0n) is 13.1. The van der Waals surface area contributed by atoms with Crippen LogP contribution in [0.3, 0.4) is 0 Å². The minimum absolute atomic E-state index is 0.145. The minimum atomic E-state index is -3.52. The highest BCUT2D eigenvalue weighted by Crippen LogP contribution is 2.24. The Bertz CT molecular complexity index is 597. The topological polar surface area (TPSA) is 61.2 Å². The van der Waals surface area contributed by atoms with Gasteiger partial charge in [0.1, 0.15) is 11.0 Å². The first kappa shape index (κ1) is 17.7. The quantitative estimate of drug-likeness (QED) is 0.840. The summed E-state index contributed by atoms with van der Waals surface area (Å²) in [6.45, 7) is 7.19. The van der Waals surface area contributed by atoms with E-state index < -0.39 is 10.0 Å². The highest BCUT2D eigenvalue weighted by atomic mass is 32.2. The van der Waals surface area contributed by atoms with Gasteiger partial charge < -0.3 is 0 Å². The zero-order valence-corrected chi connectivity index (χ0v) is 13.9. The molecule has 4 nitrogen and oxygen atoms in total. The van der Waals surface area contributed by atoms with Gasteiger partial charge in [0.25, 0.3) is 0 Å². The molecule has 21 heavy (non-hydrogen) atoms. The molecule has 116 valence electrons. The molecule has 1 heterocycles. The molecule has 1 aromatic carbocycles. The molecule has 1 aliphatic heterocycles. The Balaban J connectivity index is 0.000000677. The van der Waals surface area contributed by atoms with Crippen LogP contribution >= 0.6 is 0 Å². The van der Waals surface area contributed by atoms with Gasteiger partial charge in [-0.05, 0) is 37.5 Å². The number of nitrogens with zero attached hydrogens (tertiary/aromatic N) is 2. The highest BCUT2D eigenvalue weighted by molar-refractivity contribution is 7.89. The van der Waals surface area contributed by atoms with Crippen molar-refractivity contribution in [1.82, 2.24) is 4.31 Å². The number of aryl methyl sites for hydroxylation is 1. The van der Waals surface area contributed by atoms with Gasteiger partial charge in [0.2, 0.25) is 10.0 Å². The average Bonchev–Trinajstić information content (AvgIpc) is 2.49. The Morgan fingerprint density at radius 3 is 2.29 bits per heavy atom. The number of benzene rings is 1. The first-order valence-electron chi connectivity index (χ1n) is 7.48. The maximum atomic E-state index is 12.5. The molecule has 0 atom stereocenters.